The molecule has 0 atom stereocenters. The van der Waals surface area contributed by atoms with Crippen LogP contribution >= 0.6 is 0 Å². The third-order valence-corrected chi connectivity index (χ3v) is 3.38. The monoisotopic (exact) mass is 280 g/mol. The third kappa shape index (κ3) is 3.67. The molecular formula is C13H20N4O3. The molecule has 1 aromatic rings. The number of nitrogens with two attached hydrogens (primary N) is 1. The van der Waals surface area contributed by atoms with Crippen LogP contribution in [-0.2, 0) is 0 Å². The Morgan fingerprint density at radius 2 is 2.05 bits per heavy atom. The molecule has 1 amide bonds. The van der Waals surface area contributed by atoms with E-state index in [1.54, 1.807) is 0 Å². The van der Waals surface area contributed by atoms with Gasteiger partial charge in [0, 0.05) is 29.9 Å². The summed E-state index contributed by atoms with van der Waals surface area (Å²) in [5.41, 5.74) is 5.65. The Morgan fingerprint density at radius 3 is 2.55 bits per heavy atom. The minimum Gasteiger partial charge on any atom is -0.398 e. The van der Waals surface area contributed by atoms with E-state index < -0.39 is 10.8 Å². The van der Waals surface area contributed by atoms with Gasteiger partial charge in [0.2, 0.25) is 0 Å². The first-order valence-electron chi connectivity index (χ1n) is 6.14. The van der Waals surface area contributed by atoms with E-state index in [1.807, 2.05) is 32.8 Å². The van der Waals surface area contributed by atoms with Crippen LogP contribution in [0.15, 0.2) is 18.2 Å². The Labute approximate surface area is 117 Å². The molecule has 0 saturated heterocycles. The molecule has 0 aliphatic heterocycles. The highest BCUT2D eigenvalue weighted by Crippen LogP contribution is 2.19. The van der Waals surface area contributed by atoms with E-state index in [0.717, 1.165) is 0 Å². The van der Waals surface area contributed by atoms with Crippen LogP contribution in [0.2, 0.25) is 0 Å². The molecule has 3 N–H and O–H groups in total. The fourth-order valence-corrected chi connectivity index (χ4v) is 1.40. The third-order valence-electron chi connectivity index (χ3n) is 3.38. The fraction of sp³-hybridized carbons (Fsp3) is 0.462. The Balaban J connectivity index is 2.88. The fourth-order valence-electron chi connectivity index (χ4n) is 1.40. The van der Waals surface area contributed by atoms with Crippen molar-refractivity contribution < 1.29 is 9.72 Å². The van der Waals surface area contributed by atoms with Gasteiger partial charge in [-0.15, -0.1) is 0 Å². The van der Waals surface area contributed by atoms with Crippen LogP contribution in [0, 0.1) is 10.1 Å². The number of carbonyl (C=O) groups excluding carboxylic acids is 1. The molecule has 0 unspecified atom stereocenters. The Morgan fingerprint density at radius 1 is 1.45 bits per heavy atom. The number of nitrogen functional groups attached to an aromatic ring is 1. The summed E-state index contributed by atoms with van der Waals surface area (Å²) in [6, 6.07) is 3.83. The number of anilines is 1. The lowest BCUT2D eigenvalue weighted by atomic mass is 10.0. The van der Waals surface area contributed by atoms with Crippen LogP contribution in [0.3, 0.4) is 0 Å². The van der Waals surface area contributed by atoms with Gasteiger partial charge < -0.3 is 16.0 Å². The quantitative estimate of drug-likeness (QED) is 0.480. The highest BCUT2D eigenvalue weighted by Gasteiger charge is 2.22. The molecular weight excluding hydrogens is 260 g/mol. The van der Waals surface area contributed by atoms with Gasteiger partial charge in [-0.25, -0.2) is 0 Å². The van der Waals surface area contributed by atoms with Gasteiger partial charge >= 0.3 is 0 Å². The topological polar surface area (TPSA) is 102 Å². The maximum absolute atomic E-state index is 12.1. The van der Waals surface area contributed by atoms with Crippen molar-refractivity contribution >= 4 is 17.3 Å². The summed E-state index contributed by atoms with van der Waals surface area (Å²) in [5, 5.41) is 13.5. The Hall–Kier alpha value is -2.15. The number of nitro groups is 1. The molecule has 7 nitrogen and oxygen atoms in total. The predicted molar refractivity (Wildman–Crippen MR) is 77.6 cm³/mol. The van der Waals surface area contributed by atoms with E-state index in [2.05, 4.69) is 5.32 Å². The number of amides is 1. The van der Waals surface area contributed by atoms with E-state index in [9.17, 15) is 14.9 Å². The van der Waals surface area contributed by atoms with Crippen molar-refractivity contribution in [1.82, 2.24) is 10.2 Å². The molecule has 0 heterocycles. The Bertz CT molecular complexity index is 526. The average molecular weight is 280 g/mol. The molecule has 20 heavy (non-hydrogen) atoms. The molecule has 0 radical (unpaired) electrons. The first kappa shape index (κ1) is 15.9. The van der Waals surface area contributed by atoms with Crippen LogP contribution in [0.25, 0.3) is 0 Å². The number of nitro benzene ring substituents is 1. The second-order valence-corrected chi connectivity index (χ2v) is 5.42. The molecule has 0 bridgehead atoms. The standard InChI is InChI=1S/C13H20N4O3/c1-13(2,16(3)4)8-15-12(18)10-7-9(17(19)20)5-6-11(10)14/h5-7H,8,14H2,1-4H3,(H,15,18). The van der Waals surface area contributed by atoms with Gasteiger partial charge in [-0.05, 0) is 34.0 Å². The normalized spacial score (nSPS) is 11.4. The van der Waals surface area contributed by atoms with E-state index >= 15 is 0 Å². The summed E-state index contributed by atoms with van der Waals surface area (Å²) in [5.74, 6) is -0.416. The number of nitrogens with zero attached hydrogens (tertiary/aromatic N) is 2. The first-order valence-corrected chi connectivity index (χ1v) is 6.14. The number of hydrogen-bond donors (Lipinski definition) is 2. The maximum Gasteiger partial charge on any atom is 0.270 e. The first-order chi connectivity index (χ1) is 9.15. The van der Waals surface area contributed by atoms with Crippen LogP contribution in [0.5, 0.6) is 0 Å². The molecule has 0 spiro atoms. The van der Waals surface area contributed by atoms with Gasteiger partial charge in [0.25, 0.3) is 11.6 Å². The number of hydrogen-bond acceptors (Lipinski definition) is 5. The predicted octanol–water partition coefficient (Wildman–Crippen LogP) is 1.25. The molecule has 1 rings (SSSR count). The van der Waals surface area contributed by atoms with Crippen LogP contribution in [-0.4, -0.2) is 41.9 Å². The number of benzene rings is 1. The zero-order valence-electron chi connectivity index (χ0n) is 12.1. The summed E-state index contributed by atoms with van der Waals surface area (Å²) in [7, 11) is 3.82. The van der Waals surface area contributed by atoms with Crippen molar-refractivity contribution in [2.24, 2.45) is 0 Å². The average Bonchev–Trinajstić information content (AvgIpc) is 2.36. The van der Waals surface area contributed by atoms with Gasteiger partial charge in [0.05, 0.1) is 10.5 Å². The minimum absolute atomic E-state index is 0.119. The van der Waals surface area contributed by atoms with Gasteiger partial charge in [0.1, 0.15) is 0 Å². The number of likely N-dealkylation sites (N-methyl/N-ethyl adjacent to an activating group) is 1. The zero-order valence-corrected chi connectivity index (χ0v) is 12.1. The lowest BCUT2D eigenvalue weighted by molar-refractivity contribution is -0.384. The summed E-state index contributed by atoms with van der Waals surface area (Å²) < 4.78 is 0. The zero-order chi connectivity index (χ0) is 15.5. The molecule has 0 aliphatic rings. The lowest BCUT2D eigenvalue weighted by Crippen LogP contribution is -2.48. The highest BCUT2D eigenvalue weighted by molar-refractivity contribution is 5.99. The molecule has 0 aromatic heterocycles. The largest absolute Gasteiger partial charge is 0.398 e. The molecule has 0 fully saturated rings. The second kappa shape index (κ2) is 5.87. The van der Waals surface area contributed by atoms with Gasteiger partial charge in [-0.1, -0.05) is 0 Å². The summed E-state index contributed by atoms with van der Waals surface area (Å²) in [4.78, 5) is 24.2. The van der Waals surface area contributed by atoms with Crippen molar-refractivity contribution in [3.8, 4) is 0 Å². The van der Waals surface area contributed by atoms with Gasteiger partial charge in [-0.3, -0.25) is 14.9 Å². The minimum atomic E-state index is -0.556. The maximum atomic E-state index is 12.1. The van der Waals surface area contributed by atoms with E-state index in [1.165, 1.54) is 18.2 Å². The number of rotatable bonds is 5. The molecule has 110 valence electrons. The van der Waals surface area contributed by atoms with Crippen molar-refractivity contribution in [2.75, 3.05) is 26.4 Å². The van der Waals surface area contributed by atoms with Gasteiger partial charge in [-0.2, -0.15) is 0 Å². The molecule has 0 saturated carbocycles. The smallest absolute Gasteiger partial charge is 0.270 e. The van der Waals surface area contributed by atoms with Gasteiger partial charge in [0.15, 0.2) is 0 Å². The van der Waals surface area contributed by atoms with Crippen molar-refractivity contribution in [1.29, 1.82) is 0 Å². The molecule has 7 heteroatoms. The number of carbonyl (C=O) groups is 1. The number of non-ortho nitro benzene ring substituents is 1. The highest BCUT2D eigenvalue weighted by atomic mass is 16.6. The summed E-state index contributed by atoms with van der Waals surface area (Å²) in [6.07, 6.45) is 0. The van der Waals surface area contributed by atoms with Crippen molar-refractivity contribution in [2.45, 2.75) is 19.4 Å². The van der Waals surface area contributed by atoms with Crippen molar-refractivity contribution in [3.63, 3.8) is 0 Å². The lowest BCUT2D eigenvalue weighted by Gasteiger charge is -2.32. The molecule has 1 aromatic carbocycles. The van der Waals surface area contributed by atoms with Crippen LogP contribution < -0.4 is 11.1 Å². The van der Waals surface area contributed by atoms with E-state index in [0.29, 0.717) is 6.54 Å². The second-order valence-electron chi connectivity index (χ2n) is 5.42. The number of nitrogens with one attached hydrogen (secondary N) is 1. The summed E-state index contributed by atoms with van der Waals surface area (Å²) in [6.45, 7) is 4.36. The van der Waals surface area contributed by atoms with Crippen LogP contribution in [0.1, 0.15) is 24.2 Å². The Kier molecular flexibility index (Phi) is 4.67. The van der Waals surface area contributed by atoms with Crippen LogP contribution in [0.4, 0.5) is 11.4 Å². The van der Waals surface area contributed by atoms with E-state index in [-0.39, 0.29) is 22.5 Å². The SMILES string of the molecule is CN(C)C(C)(C)CNC(=O)c1cc([N+](=O)[O-])ccc1N. The molecule has 0 aliphatic carbocycles. The van der Waals surface area contributed by atoms with Crippen molar-refractivity contribution in [3.05, 3.63) is 33.9 Å². The van der Waals surface area contributed by atoms with E-state index in [4.69, 9.17) is 5.73 Å². The summed E-state index contributed by atoms with van der Waals surface area (Å²) >= 11 is 0.